The molecule has 12 heavy (non-hydrogen) atoms. The first-order valence-electron chi connectivity index (χ1n) is 2.76. The summed E-state index contributed by atoms with van der Waals surface area (Å²) in [4.78, 5) is 0. The molecular formula is C7H3F4Ir-. The summed E-state index contributed by atoms with van der Waals surface area (Å²) < 4.78 is 48.9. The molecule has 0 atom stereocenters. The maximum Gasteiger partial charge on any atom is 0.0867 e. The number of aryl methyl sites for hydroxylation is 1. The van der Waals surface area contributed by atoms with Gasteiger partial charge in [0.2, 0.25) is 0 Å². The standard InChI is InChI=1S/C7H3F4.Ir/c1-3-2-4(8)6(10)7(11)5(3)9;/h1H3;/q-1;. The number of benzene rings is 1. The van der Waals surface area contributed by atoms with E-state index in [1.165, 1.54) is 0 Å². The van der Waals surface area contributed by atoms with Gasteiger partial charge in [-0.15, -0.1) is 11.6 Å². The smallest absolute Gasteiger partial charge is 0.0867 e. The third-order valence-electron chi connectivity index (χ3n) is 1.20. The van der Waals surface area contributed by atoms with Gasteiger partial charge in [0.15, 0.2) is 0 Å². The fourth-order valence-electron chi connectivity index (χ4n) is 0.632. The monoisotopic (exact) mass is 356 g/mol. The molecule has 1 aromatic carbocycles. The Morgan fingerprint density at radius 2 is 1.42 bits per heavy atom. The van der Waals surface area contributed by atoms with Gasteiger partial charge in [0.25, 0.3) is 0 Å². The summed E-state index contributed by atoms with van der Waals surface area (Å²) in [5.41, 5.74) is -0.374. The van der Waals surface area contributed by atoms with E-state index in [9.17, 15) is 17.6 Å². The van der Waals surface area contributed by atoms with Crippen LogP contribution in [0.25, 0.3) is 0 Å². The average molecular weight is 355 g/mol. The van der Waals surface area contributed by atoms with Crippen LogP contribution in [0.2, 0.25) is 0 Å². The fraction of sp³-hybridized carbons (Fsp3) is 0.143. The number of rotatable bonds is 0. The maximum atomic E-state index is 12.4. The molecule has 0 unspecified atom stereocenters. The maximum absolute atomic E-state index is 12.4. The van der Waals surface area contributed by atoms with Gasteiger partial charge in [-0.25, -0.2) is 8.78 Å². The van der Waals surface area contributed by atoms with E-state index in [2.05, 4.69) is 0 Å². The molecule has 0 bridgehead atoms. The number of hydrogen-bond donors (Lipinski definition) is 0. The summed E-state index contributed by atoms with van der Waals surface area (Å²) in [6.07, 6.45) is 0. The second-order valence-electron chi connectivity index (χ2n) is 2.01. The molecule has 0 nitrogen and oxygen atoms in total. The third kappa shape index (κ3) is 1.84. The molecule has 0 aliphatic heterocycles. The van der Waals surface area contributed by atoms with Gasteiger partial charge in [-0.05, 0) is 0 Å². The summed E-state index contributed by atoms with van der Waals surface area (Å²) in [6, 6.07) is 1.69. The summed E-state index contributed by atoms with van der Waals surface area (Å²) in [5.74, 6) is -6.52. The van der Waals surface area contributed by atoms with Crippen LogP contribution >= 0.6 is 0 Å². The molecule has 0 saturated carbocycles. The van der Waals surface area contributed by atoms with Crippen LogP contribution in [0, 0.1) is 36.3 Å². The zero-order valence-electron chi connectivity index (χ0n) is 5.85. The zero-order valence-corrected chi connectivity index (χ0v) is 8.24. The molecular weight excluding hydrogens is 352 g/mol. The number of hydrogen-bond acceptors (Lipinski definition) is 0. The van der Waals surface area contributed by atoms with Gasteiger partial charge < -0.3 is 0 Å². The first-order valence-corrected chi connectivity index (χ1v) is 2.76. The van der Waals surface area contributed by atoms with Crippen LogP contribution in [-0.4, -0.2) is 0 Å². The Morgan fingerprint density at radius 1 is 0.917 bits per heavy atom. The minimum atomic E-state index is -1.83. The Morgan fingerprint density at radius 3 is 1.92 bits per heavy atom. The summed E-state index contributed by atoms with van der Waals surface area (Å²) in [6.45, 7) is 1.10. The average Bonchev–Trinajstić information content (AvgIpc) is 1.97. The molecule has 0 saturated heterocycles. The van der Waals surface area contributed by atoms with Gasteiger partial charge in [-0.3, -0.25) is 8.78 Å². The van der Waals surface area contributed by atoms with E-state index < -0.39 is 23.3 Å². The molecule has 0 fully saturated rings. The van der Waals surface area contributed by atoms with Crippen molar-refractivity contribution in [2.45, 2.75) is 6.92 Å². The van der Waals surface area contributed by atoms with Crippen LogP contribution in [0.15, 0.2) is 0 Å². The minimum Gasteiger partial charge on any atom is -0.281 e. The SMILES string of the molecule is Cc1[c-]c(F)c(F)c(F)c1F.[Ir]. The van der Waals surface area contributed by atoms with Crippen LogP contribution < -0.4 is 0 Å². The van der Waals surface area contributed by atoms with Crippen molar-refractivity contribution in [3.8, 4) is 0 Å². The van der Waals surface area contributed by atoms with Crippen LogP contribution in [-0.2, 0) is 20.1 Å². The Kier molecular flexibility index (Phi) is 3.87. The van der Waals surface area contributed by atoms with Crippen LogP contribution in [0.1, 0.15) is 5.56 Å². The van der Waals surface area contributed by atoms with E-state index in [4.69, 9.17) is 0 Å². The molecule has 1 rings (SSSR count). The predicted octanol–water partition coefficient (Wildman–Crippen LogP) is 2.35. The van der Waals surface area contributed by atoms with Crippen molar-refractivity contribution in [3.63, 3.8) is 0 Å². The summed E-state index contributed by atoms with van der Waals surface area (Å²) in [7, 11) is 0. The van der Waals surface area contributed by atoms with Crippen molar-refractivity contribution in [1.29, 1.82) is 0 Å². The number of halogens is 4. The second-order valence-corrected chi connectivity index (χ2v) is 2.01. The predicted molar refractivity (Wildman–Crippen MR) is 29.8 cm³/mol. The van der Waals surface area contributed by atoms with Crippen LogP contribution in [0.5, 0.6) is 0 Å². The van der Waals surface area contributed by atoms with E-state index >= 15 is 0 Å². The molecule has 0 aromatic heterocycles. The van der Waals surface area contributed by atoms with Crippen molar-refractivity contribution in [2.75, 3.05) is 0 Å². The minimum absolute atomic E-state index is 0. The first kappa shape index (κ1) is 11.6. The van der Waals surface area contributed by atoms with Gasteiger partial charge >= 0.3 is 0 Å². The molecule has 0 N–H and O–H groups in total. The quantitative estimate of drug-likeness (QED) is 0.290. The zero-order chi connectivity index (χ0) is 8.59. The Bertz CT molecular complexity index is 272. The fourth-order valence-corrected chi connectivity index (χ4v) is 0.632. The van der Waals surface area contributed by atoms with Gasteiger partial charge in [0.05, 0.1) is 11.6 Å². The Balaban J connectivity index is 0.00000121. The van der Waals surface area contributed by atoms with Crippen molar-refractivity contribution in [3.05, 3.63) is 34.9 Å². The molecule has 1 radical (unpaired) electrons. The Labute approximate surface area is 79.9 Å². The molecule has 0 spiro atoms. The second kappa shape index (κ2) is 4.01. The van der Waals surface area contributed by atoms with Crippen molar-refractivity contribution < 1.29 is 37.7 Å². The van der Waals surface area contributed by atoms with Crippen LogP contribution in [0.3, 0.4) is 0 Å². The normalized spacial score (nSPS) is 9.42. The van der Waals surface area contributed by atoms with Crippen LogP contribution in [0.4, 0.5) is 17.6 Å². The summed E-state index contributed by atoms with van der Waals surface area (Å²) >= 11 is 0. The largest absolute Gasteiger partial charge is 0.281 e. The third-order valence-corrected chi connectivity index (χ3v) is 1.20. The van der Waals surface area contributed by atoms with Gasteiger partial charge in [-0.2, -0.15) is 0 Å². The topological polar surface area (TPSA) is 0 Å². The van der Waals surface area contributed by atoms with E-state index in [0.717, 1.165) is 6.92 Å². The molecule has 1 aromatic rings. The molecule has 5 heteroatoms. The van der Waals surface area contributed by atoms with Gasteiger partial charge in [-0.1, -0.05) is 6.92 Å². The summed E-state index contributed by atoms with van der Waals surface area (Å²) in [5, 5.41) is 0. The van der Waals surface area contributed by atoms with Crippen molar-refractivity contribution in [2.24, 2.45) is 0 Å². The Hall–Kier alpha value is -0.411. The van der Waals surface area contributed by atoms with E-state index in [1.807, 2.05) is 0 Å². The van der Waals surface area contributed by atoms with E-state index in [0.29, 0.717) is 0 Å². The molecule has 0 heterocycles. The van der Waals surface area contributed by atoms with E-state index in [1.54, 1.807) is 6.07 Å². The molecule has 0 aliphatic rings. The van der Waals surface area contributed by atoms with Crippen molar-refractivity contribution in [1.82, 2.24) is 0 Å². The van der Waals surface area contributed by atoms with Gasteiger partial charge in [0.1, 0.15) is 0 Å². The van der Waals surface area contributed by atoms with E-state index in [-0.39, 0.29) is 25.7 Å². The molecule has 0 amide bonds. The van der Waals surface area contributed by atoms with Crippen molar-refractivity contribution >= 4 is 0 Å². The first-order chi connectivity index (χ1) is 5.04. The molecule has 69 valence electrons. The molecule has 0 aliphatic carbocycles. The van der Waals surface area contributed by atoms with Gasteiger partial charge in [0, 0.05) is 31.7 Å².